The zero-order chi connectivity index (χ0) is 12.7. The summed E-state index contributed by atoms with van der Waals surface area (Å²) < 4.78 is 0. The molecular weight excluding hydrogens is 230 g/mol. The smallest absolute Gasteiger partial charge is 0.305 e. The molecule has 4 heteroatoms. The van der Waals surface area contributed by atoms with Crippen LogP contribution in [0.2, 0.25) is 0 Å². The minimum absolute atomic E-state index is 0.0806. The molecule has 0 heterocycles. The normalized spacial score (nSPS) is 35.4. The number of carbonyl (C=O) groups is 2. The minimum atomic E-state index is -0.805. The van der Waals surface area contributed by atoms with E-state index >= 15 is 0 Å². The summed E-state index contributed by atoms with van der Waals surface area (Å²) in [6, 6.07) is -0.130. The van der Waals surface area contributed by atoms with E-state index in [1.807, 2.05) is 0 Å². The van der Waals surface area contributed by atoms with Crippen molar-refractivity contribution < 1.29 is 14.7 Å². The van der Waals surface area contributed by atoms with Gasteiger partial charge in [-0.15, -0.1) is 0 Å². The fraction of sp³-hybridized carbons (Fsp3) is 0.857. The second-order valence-corrected chi connectivity index (χ2v) is 6.33. The van der Waals surface area contributed by atoms with Crippen molar-refractivity contribution in [1.82, 2.24) is 5.32 Å². The van der Waals surface area contributed by atoms with Gasteiger partial charge in [0, 0.05) is 12.0 Å². The number of rotatable bonds is 5. The Labute approximate surface area is 107 Å². The molecule has 0 saturated heterocycles. The molecule has 18 heavy (non-hydrogen) atoms. The lowest BCUT2D eigenvalue weighted by Gasteiger charge is -2.24. The Morgan fingerprint density at radius 2 is 1.94 bits per heavy atom. The molecule has 2 bridgehead atoms. The Morgan fingerprint density at radius 3 is 2.44 bits per heavy atom. The third kappa shape index (κ3) is 2.38. The zero-order valence-electron chi connectivity index (χ0n) is 10.6. The van der Waals surface area contributed by atoms with Crippen LogP contribution in [0, 0.1) is 23.7 Å². The first-order valence-electron chi connectivity index (χ1n) is 7.15. The van der Waals surface area contributed by atoms with Crippen molar-refractivity contribution in [2.24, 2.45) is 23.7 Å². The van der Waals surface area contributed by atoms with Crippen LogP contribution < -0.4 is 5.32 Å². The molecule has 4 atom stereocenters. The highest BCUT2D eigenvalue weighted by atomic mass is 16.4. The van der Waals surface area contributed by atoms with Crippen molar-refractivity contribution in [2.75, 3.05) is 0 Å². The second kappa shape index (κ2) is 4.56. The van der Waals surface area contributed by atoms with Gasteiger partial charge in [-0.05, 0) is 49.9 Å². The highest BCUT2D eigenvalue weighted by Crippen LogP contribution is 2.48. The van der Waals surface area contributed by atoms with Crippen LogP contribution in [0.15, 0.2) is 0 Å². The maximum atomic E-state index is 12.3. The molecule has 0 aromatic rings. The molecule has 0 radical (unpaired) electrons. The van der Waals surface area contributed by atoms with E-state index < -0.39 is 5.97 Å². The Hall–Kier alpha value is -1.06. The van der Waals surface area contributed by atoms with Crippen molar-refractivity contribution >= 4 is 11.9 Å². The quantitative estimate of drug-likeness (QED) is 0.783. The number of carboxylic acid groups (broad SMARTS) is 1. The van der Waals surface area contributed by atoms with Gasteiger partial charge in [0.1, 0.15) is 0 Å². The van der Waals surface area contributed by atoms with Crippen LogP contribution in [-0.2, 0) is 9.59 Å². The van der Waals surface area contributed by atoms with Crippen molar-refractivity contribution in [2.45, 2.75) is 51.0 Å². The van der Waals surface area contributed by atoms with Gasteiger partial charge in [0.2, 0.25) is 5.91 Å². The van der Waals surface area contributed by atoms with Crippen molar-refractivity contribution in [3.8, 4) is 0 Å². The fourth-order valence-corrected chi connectivity index (χ4v) is 3.88. The van der Waals surface area contributed by atoms with E-state index in [4.69, 9.17) is 5.11 Å². The highest BCUT2D eigenvalue weighted by Gasteiger charge is 2.44. The van der Waals surface area contributed by atoms with Gasteiger partial charge in [0.15, 0.2) is 0 Å². The Kier molecular flexibility index (Phi) is 3.04. The van der Waals surface area contributed by atoms with Gasteiger partial charge in [0.05, 0.1) is 6.42 Å². The lowest BCUT2D eigenvalue weighted by Crippen LogP contribution is -2.42. The molecule has 100 valence electrons. The second-order valence-electron chi connectivity index (χ2n) is 6.33. The van der Waals surface area contributed by atoms with Crippen LogP contribution in [0.3, 0.4) is 0 Å². The summed E-state index contributed by atoms with van der Waals surface area (Å²) in [6.45, 7) is 0. The SMILES string of the molecule is O=C(O)CC(NC(=O)C1CC2CCC1C2)C1CC1. The van der Waals surface area contributed by atoms with Gasteiger partial charge < -0.3 is 10.4 Å². The van der Waals surface area contributed by atoms with Gasteiger partial charge in [-0.2, -0.15) is 0 Å². The zero-order valence-corrected chi connectivity index (χ0v) is 10.6. The van der Waals surface area contributed by atoms with Crippen LogP contribution in [0.4, 0.5) is 0 Å². The van der Waals surface area contributed by atoms with Crippen molar-refractivity contribution in [3.05, 3.63) is 0 Å². The monoisotopic (exact) mass is 251 g/mol. The van der Waals surface area contributed by atoms with E-state index in [-0.39, 0.29) is 24.3 Å². The maximum absolute atomic E-state index is 12.3. The lowest BCUT2D eigenvalue weighted by atomic mass is 9.88. The molecule has 0 aromatic carbocycles. The van der Waals surface area contributed by atoms with E-state index in [1.54, 1.807) is 0 Å². The molecular formula is C14H21NO3. The molecule has 3 aliphatic carbocycles. The first kappa shape index (κ1) is 12.0. The molecule has 2 N–H and O–H groups in total. The highest BCUT2D eigenvalue weighted by molar-refractivity contribution is 5.80. The molecule has 3 aliphatic rings. The molecule has 4 unspecified atom stereocenters. The summed E-state index contributed by atoms with van der Waals surface area (Å²) in [5, 5.41) is 11.9. The number of hydrogen-bond acceptors (Lipinski definition) is 2. The molecule has 3 rings (SSSR count). The van der Waals surface area contributed by atoms with E-state index in [9.17, 15) is 9.59 Å². The van der Waals surface area contributed by atoms with E-state index in [2.05, 4.69) is 5.32 Å². The van der Waals surface area contributed by atoms with Gasteiger partial charge in [0.25, 0.3) is 0 Å². The van der Waals surface area contributed by atoms with Crippen LogP contribution in [0.25, 0.3) is 0 Å². The predicted molar refractivity (Wildman–Crippen MR) is 65.8 cm³/mol. The molecule has 1 amide bonds. The molecule has 0 spiro atoms. The Balaban J connectivity index is 1.57. The number of aliphatic carboxylic acids is 1. The van der Waals surface area contributed by atoms with Crippen molar-refractivity contribution in [1.29, 1.82) is 0 Å². The molecule has 3 saturated carbocycles. The average Bonchev–Trinajstić information content (AvgIpc) is 2.95. The average molecular weight is 251 g/mol. The minimum Gasteiger partial charge on any atom is -0.481 e. The molecule has 0 aliphatic heterocycles. The maximum Gasteiger partial charge on any atom is 0.305 e. The fourth-order valence-electron chi connectivity index (χ4n) is 3.88. The number of amides is 1. The Morgan fingerprint density at radius 1 is 1.17 bits per heavy atom. The Bertz CT molecular complexity index is 364. The number of fused-ring (bicyclic) bond motifs is 2. The first-order chi connectivity index (χ1) is 8.63. The molecule has 4 nitrogen and oxygen atoms in total. The van der Waals surface area contributed by atoms with Gasteiger partial charge in [-0.1, -0.05) is 6.42 Å². The summed E-state index contributed by atoms with van der Waals surface area (Å²) in [4.78, 5) is 23.1. The summed E-state index contributed by atoms with van der Waals surface area (Å²) in [6.07, 6.45) is 6.93. The summed E-state index contributed by atoms with van der Waals surface area (Å²) in [5.74, 6) is 1.22. The summed E-state index contributed by atoms with van der Waals surface area (Å²) >= 11 is 0. The largest absolute Gasteiger partial charge is 0.481 e. The van der Waals surface area contributed by atoms with Crippen LogP contribution >= 0.6 is 0 Å². The topological polar surface area (TPSA) is 66.4 Å². The number of carbonyl (C=O) groups excluding carboxylic acids is 1. The lowest BCUT2D eigenvalue weighted by molar-refractivity contribution is -0.138. The molecule has 0 aromatic heterocycles. The van der Waals surface area contributed by atoms with Gasteiger partial charge in [-0.25, -0.2) is 0 Å². The third-order valence-electron chi connectivity index (χ3n) is 4.99. The standard InChI is InChI=1S/C14H21NO3/c16-13(17)7-12(9-3-4-9)15-14(18)11-6-8-1-2-10(11)5-8/h8-12H,1-7H2,(H,15,18)(H,16,17). The van der Waals surface area contributed by atoms with Crippen LogP contribution in [-0.4, -0.2) is 23.0 Å². The van der Waals surface area contributed by atoms with Crippen LogP contribution in [0.1, 0.15) is 44.9 Å². The number of hydrogen-bond donors (Lipinski definition) is 2. The van der Waals surface area contributed by atoms with E-state index in [0.717, 1.165) is 25.2 Å². The van der Waals surface area contributed by atoms with Crippen molar-refractivity contribution in [3.63, 3.8) is 0 Å². The predicted octanol–water partition coefficient (Wildman–Crippen LogP) is 1.79. The third-order valence-corrected chi connectivity index (χ3v) is 4.99. The number of nitrogens with one attached hydrogen (secondary N) is 1. The van der Waals surface area contributed by atoms with Gasteiger partial charge in [-0.3, -0.25) is 9.59 Å². The first-order valence-corrected chi connectivity index (χ1v) is 7.15. The van der Waals surface area contributed by atoms with E-state index in [0.29, 0.717) is 11.8 Å². The van der Waals surface area contributed by atoms with Crippen LogP contribution in [0.5, 0.6) is 0 Å². The van der Waals surface area contributed by atoms with Gasteiger partial charge >= 0.3 is 5.97 Å². The summed E-state index contributed by atoms with van der Waals surface area (Å²) in [5.41, 5.74) is 0. The van der Waals surface area contributed by atoms with E-state index in [1.165, 1.54) is 19.3 Å². The number of carboxylic acids is 1. The molecule has 3 fully saturated rings. The summed E-state index contributed by atoms with van der Waals surface area (Å²) in [7, 11) is 0.